The summed E-state index contributed by atoms with van der Waals surface area (Å²) in [4.78, 5) is 2.28. The summed E-state index contributed by atoms with van der Waals surface area (Å²) in [7, 11) is -0.810. The van der Waals surface area contributed by atoms with E-state index in [1.165, 1.54) is 22.3 Å². The van der Waals surface area contributed by atoms with Crippen LogP contribution in [0.15, 0.2) is 54.6 Å². The zero-order valence-electron chi connectivity index (χ0n) is 17.9. The standard InChI is InChI=1S/C24H29N3O2S/c1-18-24(19(2)27(25-18)23-13-14-30(28,29)17-23)16-26(3)15-20-9-11-22(12-10-20)21-7-5-4-6-8-21/h4-12,23H,13-17H2,1-3H3/t23-/m1/s1. The second kappa shape index (κ2) is 8.36. The fourth-order valence-corrected chi connectivity index (χ4v) is 6.01. The average molecular weight is 424 g/mol. The van der Waals surface area contributed by atoms with Crippen molar-refractivity contribution in [3.05, 3.63) is 77.1 Å². The van der Waals surface area contributed by atoms with Gasteiger partial charge in [-0.1, -0.05) is 54.6 Å². The molecule has 0 N–H and O–H groups in total. The number of sulfone groups is 1. The molecule has 1 atom stereocenters. The molecule has 158 valence electrons. The summed E-state index contributed by atoms with van der Waals surface area (Å²) >= 11 is 0. The highest BCUT2D eigenvalue weighted by Crippen LogP contribution is 2.27. The molecule has 2 aromatic carbocycles. The molecule has 0 unspecified atom stereocenters. The fourth-order valence-electron chi connectivity index (χ4n) is 4.32. The highest BCUT2D eigenvalue weighted by Gasteiger charge is 2.31. The molecule has 1 aliphatic rings. The molecule has 6 heteroatoms. The largest absolute Gasteiger partial charge is 0.298 e. The summed E-state index contributed by atoms with van der Waals surface area (Å²) in [6.45, 7) is 5.71. The Bertz CT molecular complexity index is 1120. The maximum atomic E-state index is 11.9. The Morgan fingerprint density at radius 2 is 1.67 bits per heavy atom. The summed E-state index contributed by atoms with van der Waals surface area (Å²) in [5.41, 5.74) is 6.99. The molecular weight excluding hydrogens is 394 g/mol. The number of hydrogen-bond acceptors (Lipinski definition) is 4. The molecule has 1 fully saturated rings. The van der Waals surface area contributed by atoms with Gasteiger partial charge in [-0.25, -0.2) is 8.42 Å². The maximum absolute atomic E-state index is 11.9. The number of aryl methyl sites for hydroxylation is 1. The van der Waals surface area contributed by atoms with Gasteiger partial charge in [0, 0.05) is 24.3 Å². The predicted octanol–water partition coefficient (Wildman–Crippen LogP) is 4.16. The van der Waals surface area contributed by atoms with Crippen LogP contribution in [0, 0.1) is 13.8 Å². The summed E-state index contributed by atoms with van der Waals surface area (Å²) in [5, 5.41) is 4.69. The third kappa shape index (κ3) is 4.50. The molecule has 1 aromatic heterocycles. The fraction of sp³-hybridized carbons (Fsp3) is 0.375. The molecule has 4 rings (SSSR count). The van der Waals surface area contributed by atoms with E-state index in [1.54, 1.807) is 0 Å². The lowest BCUT2D eigenvalue weighted by Gasteiger charge is -2.18. The minimum atomic E-state index is -2.92. The van der Waals surface area contributed by atoms with Crippen molar-refractivity contribution in [2.24, 2.45) is 0 Å². The molecule has 1 saturated heterocycles. The summed E-state index contributed by atoms with van der Waals surface area (Å²) < 4.78 is 25.7. The van der Waals surface area contributed by atoms with Gasteiger partial charge >= 0.3 is 0 Å². The predicted molar refractivity (Wildman–Crippen MR) is 121 cm³/mol. The van der Waals surface area contributed by atoms with Crippen molar-refractivity contribution < 1.29 is 8.42 Å². The molecule has 5 nitrogen and oxygen atoms in total. The van der Waals surface area contributed by atoms with Gasteiger partial charge in [0.05, 0.1) is 23.2 Å². The summed E-state index contributed by atoms with van der Waals surface area (Å²) in [6.07, 6.45) is 0.660. The number of aromatic nitrogens is 2. The van der Waals surface area contributed by atoms with E-state index < -0.39 is 9.84 Å². The van der Waals surface area contributed by atoms with Gasteiger partial charge in [-0.05, 0) is 44.0 Å². The van der Waals surface area contributed by atoms with Gasteiger partial charge in [0.1, 0.15) is 0 Å². The van der Waals surface area contributed by atoms with Crippen LogP contribution in [0.4, 0.5) is 0 Å². The van der Waals surface area contributed by atoms with Crippen LogP contribution in [0.2, 0.25) is 0 Å². The first-order chi connectivity index (χ1) is 14.3. The SMILES string of the molecule is Cc1nn([C@@H]2CCS(=O)(=O)C2)c(C)c1CN(C)Cc1ccc(-c2ccccc2)cc1. The molecule has 0 spiro atoms. The van der Waals surface area contributed by atoms with Crippen LogP contribution in [0.25, 0.3) is 11.1 Å². The van der Waals surface area contributed by atoms with Gasteiger partial charge in [-0.15, -0.1) is 0 Å². The third-order valence-corrected chi connectivity index (χ3v) is 7.72. The Balaban J connectivity index is 1.44. The zero-order chi connectivity index (χ0) is 21.3. The molecule has 30 heavy (non-hydrogen) atoms. The first-order valence-corrected chi connectivity index (χ1v) is 12.2. The molecule has 1 aliphatic heterocycles. The van der Waals surface area contributed by atoms with Crippen LogP contribution in [-0.2, 0) is 22.9 Å². The Hall–Kier alpha value is -2.44. The smallest absolute Gasteiger partial charge is 0.152 e. The molecule has 0 radical (unpaired) electrons. The van der Waals surface area contributed by atoms with Gasteiger partial charge in [0.25, 0.3) is 0 Å². The van der Waals surface area contributed by atoms with E-state index >= 15 is 0 Å². The van der Waals surface area contributed by atoms with Crippen molar-refractivity contribution in [3.63, 3.8) is 0 Å². The highest BCUT2D eigenvalue weighted by molar-refractivity contribution is 7.91. The number of rotatable bonds is 6. The first-order valence-electron chi connectivity index (χ1n) is 10.4. The Morgan fingerprint density at radius 3 is 2.30 bits per heavy atom. The van der Waals surface area contributed by atoms with Crippen molar-refractivity contribution in [1.29, 1.82) is 0 Å². The molecule has 2 heterocycles. The highest BCUT2D eigenvalue weighted by atomic mass is 32.2. The normalized spacial score (nSPS) is 18.2. The van der Waals surface area contributed by atoms with Crippen molar-refractivity contribution in [2.45, 2.75) is 39.4 Å². The van der Waals surface area contributed by atoms with Crippen LogP contribution in [-0.4, -0.2) is 41.7 Å². The Labute approximate surface area is 179 Å². The van der Waals surface area contributed by atoms with Gasteiger partial charge in [0.2, 0.25) is 0 Å². The van der Waals surface area contributed by atoms with Crippen LogP contribution in [0.1, 0.15) is 35.0 Å². The maximum Gasteiger partial charge on any atom is 0.152 e. The number of benzene rings is 2. The van der Waals surface area contributed by atoms with Crippen LogP contribution in [0.5, 0.6) is 0 Å². The van der Waals surface area contributed by atoms with Gasteiger partial charge in [0.15, 0.2) is 9.84 Å². The van der Waals surface area contributed by atoms with E-state index in [9.17, 15) is 8.42 Å². The van der Waals surface area contributed by atoms with Crippen molar-refractivity contribution in [3.8, 4) is 11.1 Å². The molecule has 0 saturated carbocycles. The lowest BCUT2D eigenvalue weighted by Crippen LogP contribution is -2.18. The summed E-state index contributed by atoms with van der Waals surface area (Å²) in [5.74, 6) is 0.474. The number of nitrogens with zero attached hydrogens (tertiary/aromatic N) is 3. The quantitative estimate of drug-likeness (QED) is 0.597. The lowest BCUT2D eigenvalue weighted by atomic mass is 10.0. The Kier molecular flexibility index (Phi) is 5.80. The van der Waals surface area contributed by atoms with Crippen molar-refractivity contribution >= 4 is 9.84 Å². The van der Waals surface area contributed by atoms with E-state index in [2.05, 4.69) is 72.5 Å². The topological polar surface area (TPSA) is 55.2 Å². The van der Waals surface area contributed by atoms with Crippen molar-refractivity contribution in [2.75, 3.05) is 18.6 Å². The van der Waals surface area contributed by atoms with E-state index in [1.807, 2.05) is 17.7 Å². The minimum Gasteiger partial charge on any atom is -0.298 e. The number of hydrogen-bond donors (Lipinski definition) is 0. The molecular formula is C24H29N3O2S. The van der Waals surface area contributed by atoms with Crippen LogP contribution < -0.4 is 0 Å². The van der Waals surface area contributed by atoms with E-state index in [0.29, 0.717) is 6.42 Å². The van der Waals surface area contributed by atoms with Crippen LogP contribution in [0.3, 0.4) is 0 Å². The average Bonchev–Trinajstić information content (AvgIpc) is 3.22. The van der Waals surface area contributed by atoms with E-state index in [-0.39, 0.29) is 17.5 Å². The lowest BCUT2D eigenvalue weighted by molar-refractivity contribution is 0.317. The molecule has 3 aromatic rings. The zero-order valence-corrected chi connectivity index (χ0v) is 18.7. The monoisotopic (exact) mass is 423 g/mol. The van der Waals surface area contributed by atoms with Gasteiger partial charge in [-0.2, -0.15) is 5.10 Å². The summed E-state index contributed by atoms with van der Waals surface area (Å²) in [6, 6.07) is 19.1. The first kappa shape index (κ1) is 20.8. The van der Waals surface area contributed by atoms with Crippen molar-refractivity contribution in [1.82, 2.24) is 14.7 Å². The molecule has 0 amide bonds. The minimum absolute atomic E-state index is 0.0294. The second-order valence-corrected chi connectivity index (χ2v) is 10.6. The van der Waals surface area contributed by atoms with Gasteiger partial charge < -0.3 is 0 Å². The Morgan fingerprint density at radius 1 is 1.00 bits per heavy atom. The van der Waals surface area contributed by atoms with E-state index in [4.69, 9.17) is 0 Å². The van der Waals surface area contributed by atoms with E-state index in [0.717, 1.165) is 24.5 Å². The van der Waals surface area contributed by atoms with Crippen LogP contribution >= 0.6 is 0 Å². The molecule has 0 aliphatic carbocycles. The third-order valence-electron chi connectivity index (χ3n) is 5.97. The van der Waals surface area contributed by atoms with Gasteiger partial charge in [-0.3, -0.25) is 9.58 Å². The molecule has 0 bridgehead atoms. The second-order valence-electron chi connectivity index (χ2n) is 8.39.